The maximum atomic E-state index is 6.05. The van der Waals surface area contributed by atoms with Crippen LogP contribution in [-0.2, 0) is 12.8 Å². The Bertz CT molecular complexity index is 586. The molecule has 4 rings (SSSR count). The molecule has 1 aliphatic carbocycles. The fourth-order valence-electron chi connectivity index (χ4n) is 5.26. The highest BCUT2D eigenvalue weighted by atomic mass is 16.5. The first-order valence-electron chi connectivity index (χ1n) is 10.9. The van der Waals surface area contributed by atoms with Crippen LogP contribution in [0.4, 0.5) is 0 Å². The van der Waals surface area contributed by atoms with Gasteiger partial charge in [-0.2, -0.15) is 0 Å². The number of likely N-dealkylation sites (tertiary alicyclic amines) is 2. The molecule has 1 aromatic carbocycles. The number of rotatable bonds is 6. The number of hydrogen-bond acceptors (Lipinski definition) is 3. The number of fused-ring (bicyclic) bond motifs is 1. The summed E-state index contributed by atoms with van der Waals surface area (Å²) in [5.41, 5.74) is 3.09. The van der Waals surface area contributed by atoms with Gasteiger partial charge < -0.3 is 4.74 Å². The smallest absolute Gasteiger partial charge is 0.119 e. The summed E-state index contributed by atoms with van der Waals surface area (Å²) in [6.45, 7) is 10.5. The molecule has 0 bridgehead atoms. The van der Waals surface area contributed by atoms with E-state index in [9.17, 15) is 0 Å². The van der Waals surface area contributed by atoms with Crippen LogP contribution in [0, 0.1) is 5.92 Å². The molecule has 0 saturated carbocycles. The predicted molar refractivity (Wildman–Crippen MR) is 108 cm³/mol. The van der Waals surface area contributed by atoms with Gasteiger partial charge in [0.1, 0.15) is 12.4 Å². The molecule has 0 aromatic heterocycles. The number of benzene rings is 1. The normalized spacial score (nSPS) is 29.8. The maximum Gasteiger partial charge on any atom is 0.119 e. The van der Waals surface area contributed by atoms with Crippen LogP contribution in [0.5, 0.6) is 5.75 Å². The third kappa shape index (κ3) is 4.26. The van der Waals surface area contributed by atoms with E-state index in [1.54, 1.807) is 5.56 Å². The van der Waals surface area contributed by atoms with Gasteiger partial charge in [-0.05, 0) is 101 Å². The van der Waals surface area contributed by atoms with E-state index in [1.807, 2.05) is 0 Å². The quantitative estimate of drug-likeness (QED) is 0.762. The van der Waals surface area contributed by atoms with Gasteiger partial charge in [0.15, 0.2) is 0 Å². The van der Waals surface area contributed by atoms with Crippen molar-refractivity contribution < 1.29 is 4.74 Å². The summed E-state index contributed by atoms with van der Waals surface area (Å²) >= 11 is 0. The number of aryl methyl sites for hydroxylation is 1. The van der Waals surface area contributed by atoms with Crippen LogP contribution in [0.25, 0.3) is 0 Å². The van der Waals surface area contributed by atoms with Gasteiger partial charge in [-0.1, -0.05) is 6.07 Å². The summed E-state index contributed by atoms with van der Waals surface area (Å²) < 4.78 is 6.05. The van der Waals surface area contributed by atoms with Gasteiger partial charge in [-0.25, -0.2) is 0 Å². The van der Waals surface area contributed by atoms with Gasteiger partial charge in [0.25, 0.3) is 0 Å². The van der Waals surface area contributed by atoms with Crippen molar-refractivity contribution in [3.05, 3.63) is 29.3 Å². The van der Waals surface area contributed by atoms with Crippen LogP contribution in [0.1, 0.15) is 57.1 Å². The molecule has 2 aliphatic heterocycles. The van der Waals surface area contributed by atoms with Gasteiger partial charge in [0.05, 0.1) is 0 Å². The largest absolute Gasteiger partial charge is 0.492 e. The second-order valence-corrected chi connectivity index (χ2v) is 8.91. The molecule has 0 amide bonds. The van der Waals surface area contributed by atoms with Crippen molar-refractivity contribution >= 4 is 0 Å². The second kappa shape index (κ2) is 8.31. The van der Waals surface area contributed by atoms with Crippen molar-refractivity contribution in [3.8, 4) is 5.75 Å². The summed E-state index contributed by atoms with van der Waals surface area (Å²) in [5.74, 6) is 1.90. The minimum Gasteiger partial charge on any atom is -0.492 e. The first-order chi connectivity index (χ1) is 12.7. The van der Waals surface area contributed by atoms with Gasteiger partial charge in [-0.15, -0.1) is 0 Å². The molecule has 26 heavy (non-hydrogen) atoms. The van der Waals surface area contributed by atoms with E-state index in [-0.39, 0.29) is 0 Å². The molecule has 144 valence electrons. The molecule has 3 aliphatic rings. The lowest BCUT2D eigenvalue weighted by Crippen LogP contribution is -2.38. The first-order valence-corrected chi connectivity index (χ1v) is 10.9. The Morgan fingerprint density at radius 2 is 1.77 bits per heavy atom. The lowest BCUT2D eigenvalue weighted by atomic mass is 9.83. The third-order valence-electron chi connectivity index (χ3n) is 6.99. The number of hydrogen-bond donors (Lipinski definition) is 0. The summed E-state index contributed by atoms with van der Waals surface area (Å²) in [6.07, 6.45) is 9.27. The highest BCUT2D eigenvalue weighted by molar-refractivity contribution is 5.37. The van der Waals surface area contributed by atoms with Gasteiger partial charge in [0.2, 0.25) is 0 Å². The van der Waals surface area contributed by atoms with Crippen molar-refractivity contribution in [2.24, 2.45) is 5.92 Å². The molecular weight excluding hydrogens is 320 g/mol. The van der Waals surface area contributed by atoms with Crippen molar-refractivity contribution in [1.29, 1.82) is 0 Å². The Kier molecular flexibility index (Phi) is 5.85. The van der Waals surface area contributed by atoms with Gasteiger partial charge in [-0.3, -0.25) is 9.80 Å². The van der Waals surface area contributed by atoms with Crippen LogP contribution in [0.15, 0.2) is 18.2 Å². The van der Waals surface area contributed by atoms with E-state index < -0.39 is 0 Å². The van der Waals surface area contributed by atoms with Crippen LogP contribution >= 0.6 is 0 Å². The SMILES string of the molecule is CC1CCC(C)N1CC1CCc2cc(OCCN3CCCC3)ccc2C1. The third-order valence-corrected chi connectivity index (χ3v) is 6.99. The zero-order valence-corrected chi connectivity index (χ0v) is 16.8. The summed E-state index contributed by atoms with van der Waals surface area (Å²) in [6, 6.07) is 8.41. The molecule has 0 spiro atoms. The molecule has 3 heteroatoms. The molecular formula is C23H36N2O. The Labute approximate surface area is 159 Å². The highest BCUT2D eigenvalue weighted by Gasteiger charge is 2.30. The fraction of sp³-hybridized carbons (Fsp3) is 0.739. The van der Waals surface area contributed by atoms with E-state index >= 15 is 0 Å². The zero-order chi connectivity index (χ0) is 17.9. The molecule has 2 saturated heterocycles. The standard InChI is InChI=1S/C23H36N2O/c1-18-5-6-19(2)25(18)17-20-7-8-22-16-23(10-9-21(22)15-20)26-14-13-24-11-3-4-12-24/h9-10,16,18-20H,3-8,11-15,17H2,1-2H3. The topological polar surface area (TPSA) is 15.7 Å². The number of ether oxygens (including phenoxy) is 1. The number of nitrogens with zero attached hydrogens (tertiary/aromatic N) is 2. The fourth-order valence-corrected chi connectivity index (χ4v) is 5.26. The summed E-state index contributed by atoms with van der Waals surface area (Å²) in [4.78, 5) is 5.27. The Morgan fingerprint density at radius 3 is 2.54 bits per heavy atom. The minimum atomic E-state index is 0.776. The first kappa shape index (κ1) is 18.3. The van der Waals surface area contributed by atoms with E-state index in [0.29, 0.717) is 0 Å². The van der Waals surface area contributed by atoms with E-state index in [0.717, 1.165) is 36.9 Å². The van der Waals surface area contributed by atoms with Crippen LogP contribution in [-0.4, -0.2) is 54.7 Å². The summed E-state index contributed by atoms with van der Waals surface area (Å²) in [5, 5.41) is 0. The lowest BCUT2D eigenvalue weighted by Gasteiger charge is -2.33. The lowest BCUT2D eigenvalue weighted by molar-refractivity contribution is 0.172. The average molecular weight is 357 g/mol. The van der Waals surface area contributed by atoms with Crippen molar-refractivity contribution in [1.82, 2.24) is 9.80 Å². The predicted octanol–water partition coefficient (Wildman–Crippen LogP) is 4.14. The van der Waals surface area contributed by atoms with Crippen molar-refractivity contribution in [2.75, 3.05) is 32.8 Å². The molecule has 1 aromatic rings. The Balaban J connectivity index is 1.29. The van der Waals surface area contributed by atoms with Crippen LogP contribution in [0.2, 0.25) is 0 Å². The molecule has 3 unspecified atom stereocenters. The van der Waals surface area contributed by atoms with Crippen LogP contribution in [0.3, 0.4) is 0 Å². The minimum absolute atomic E-state index is 0.776. The zero-order valence-electron chi connectivity index (χ0n) is 16.8. The molecule has 0 radical (unpaired) electrons. The monoisotopic (exact) mass is 356 g/mol. The Morgan fingerprint density at radius 1 is 1.00 bits per heavy atom. The van der Waals surface area contributed by atoms with Gasteiger partial charge in [0, 0.05) is 25.2 Å². The molecule has 3 atom stereocenters. The average Bonchev–Trinajstić information content (AvgIpc) is 3.27. The highest BCUT2D eigenvalue weighted by Crippen LogP contribution is 2.32. The second-order valence-electron chi connectivity index (χ2n) is 8.91. The molecule has 0 N–H and O–H groups in total. The van der Waals surface area contributed by atoms with Crippen LogP contribution < -0.4 is 4.74 Å². The summed E-state index contributed by atoms with van der Waals surface area (Å²) in [7, 11) is 0. The van der Waals surface area contributed by atoms with Gasteiger partial charge >= 0.3 is 0 Å². The van der Waals surface area contributed by atoms with E-state index in [1.165, 1.54) is 70.1 Å². The van der Waals surface area contributed by atoms with Crippen molar-refractivity contribution in [2.45, 2.75) is 70.9 Å². The van der Waals surface area contributed by atoms with E-state index in [4.69, 9.17) is 4.74 Å². The molecule has 2 fully saturated rings. The Hall–Kier alpha value is -1.06. The molecule has 3 nitrogen and oxygen atoms in total. The maximum absolute atomic E-state index is 6.05. The van der Waals surface area contributed by atoms with E-state index in [2.05, 4.69) is 41.8 Å². The molecule has 2 heterocycles. The van der Waals surface area contributed by atoms with Crippen molar-refractivity contribution in [3.63, 3.8) is 0 Å².